The van der Waals surface area contributed by atoms with Crippen molar-refractivity contribution in [2.75, 3.05) is 11.9 Å². The molecule has 24 heavy (non-hydrogen) atoms. The Morgan fingerprint density at radius 3 is 3.00 bits per heavy atom. The van der Waals surface area contributed by atoms with Crippen LogP contribution in [0.5, 0.6) is 0 Å². The molecular formula is C15H21ClN6O2. The van der Waals surface area contributed by atoms with Gasteiger partial charge in [0.05, 0.1) is 6.10 Å². The summed E-state index contributed by atoms with van der Waals surface area (Å²) in [5, 5.41) is 14.5. The number of hydrogen-bond acceptors (Lipinski definition) is 6. The molecule has 1 aromatic heterocycles. The molecule has 1 aliphatic heterocycles. The van der Waals surface area contributed by atoms with Gasteiger partial charge >= 0.3 is 0 Å². The maximum Gasteiger partial charge on any atom is 0.253 e. The Hall–Kier alpha value is -2.03. The lowest BCUT2D eigenvalue weighted by Gasteiger charge is -2.13. The summed E-state index contributed by atoms with van der Waals surface area (Å²) in [6.07, 6.45) is 1.06. The minimum Gasteiger partial charge on any atom is -0.364 e. The number of aromatic nitrogens is 4. The first-order valence-electron chi connectivity index (χ1n) is 7.74. The Labute approximate surface area is 146 Å². The molecule has 3 rings (SSSR count). The van der Waals surface area contributed by atoms with Crippen molar-refractivity contribution in [1.29, 1.82) is 0 Å². The zero-order chi connectivity index (χ0) is 16.2. The molecule has 8 nitrogen and oxygen atoms in total. The van der Waals surface area contributed by atoms with Gasteiger partial charge in [0, 0.05) is 24.3 Å². The van der Waals surface area contributed by atoms with Crippen molar-refractivity contribution in [2.45, 2.75) is 38.5 Å². The molecule has 0 bridgehead atoms. The first kappa shape index (κ1) is 18.3. The van der Waals surface area contributed by atoms with E-state index in [0.29, 0.717) is 31.0 Å². The van der Waals surface area contributed by atoms with Crippen LogP contribution in [0.1, 0.15) is 19.8 Å². The molecule has 2 heterocycles. The standard InChI is InChI=1S/C15H20N6O2.ClH/c1-2-21-14(18-19-20-21)10-4-3-5-11(8-10)17-15(22)13-7-6-12(9-16)23-13;/h3-5,8,12-13H,2,6-7,9,16H2,1H3,(H,17,22);1H/t12-,13+;/m1./s1. The van der Waals surface area contributed by atoms with Crippen LogP contribution in [-0.4, -0.2) is 44.9 Å². The van der Waals surface area contributed by atoms with Crippen molar-refractivity contribution in [3.8, 4) is 11.4 Å². The first-order chi connectivity index (χ1) is 11.2. The molecule has 0 aliphatic carbocycles. The Morgan fingerprint density at radius 1 is 1.46 bits per heavy atom. The van der Waals surface area contributed by atoms with E-state index in [0.717, 1.165) is 12.0 Å². The minimum atomic E-state index is -0.437. The molecule has 1 aliphatic rings. The summed E-state index contributed by atoms with van der Waals surface area (Å²) in [5.41, 5.74) is 7.11. The maximum atomic E-state index is 12.3. The predicted molar refractivity (Wildman–Crippen MR) is 91.8 cm³/mol. The zero-order valence-electron chi connectivity index (χ0n) is 13.4. The topological polar surface area (TPSA) is 108 Å². The lowest BCUT2D eigenvalue weighted by molar-refractivity contribution is -0.126. The fourth-order valence-corrected chi connectivity index (χ4v) is 2.66. The number of rotatable bonds is 5. The smallest absolute Gasteiger partial charge is 0.253 e. The number of aryl methyl sites for hydroxylation is 1. The van der Waals surface area contributed by atoms with Gasteiger partial charge in [0.25, 0.3) is 5.91 Å². The summed E-state index contributed by atoms with van der Waals surface area (Å²) < 4.78 is 7.31. The average molecular weight is 353 g/mol. The lowest BCUT2D eigenvalue weighted by atomic mass is 10.1. The normalized spacial score (nSPS) is 19.8. The quantitative estimate of drug-likeness (QED) is 0.837. The van der Waals surface area contributed by atoms with Gasteiger partial charge in [-0.05, 0) is 42.3 Å². The number of nitrogens with one attached hydrogen (secondary N) is 1. The third kappa shape index (κ3) is 3.89. The van der Waals surface area contributed by atoms with Gasteiger partial charge in [-0.2, -0.15) is 0 Å². The van der Waals surface area contributed by atoms with Gasteiger partial charge in [-0.3, -0.25) is 4.79 Å². The Kier molecular flexibility index (Phi) is 6.24. The monoisotopic (exact) mass is 352 g/mol. The molecule has 2 atom stereocenters. The molecule has 0 unspecified atom stereocenters. The van der Waals surface area contributed by atoms with E-state index in [1.54, 1.807) is 4.68 Å². The van der Waals surface area contributed by atoms with Crippen LogP contribution >= 0.6 is 12.4 Å². The third-order valence-corrected chi connectivity index (χ3v) is 3.88. The number of carbonyl (C=O) groups is 1. The number of benzene rings is 1. The lowest BCUT2D eigenvalue weighted by Crippen LogP contribution is -2.29. The highest BCUT2D eigenvalue weighted by atomic mass is 35.5. The molecule has 0 saturated carbocycles. The molecule has 1 amide bonds. The van der Waals surface area contributed by atoms with Gasteiger partial charge in [0.15, 0.2) is 5.82 Å². The van der Waals surface area contributed by atoms with Crippen LogP contribution < -0.4 is 11.1 Å². The predicted octanol–water partition coefficient (Wildman–Crippen LogP) is 1.23. The molecule has 1 aromatic carbocycles. The number of tetrazole rings is 1. The van der Waals surface area contributed by atoms with Crippen LogP contribution in [0.3, 0.4) is 0 Å². The second-order valence-corrected chi connectivity index (χ2v) is 5.45. The van der Waals surface area contributed by atoms with Crippen LogP contribution in [0.2, 0.25) is 0 Å². The van der Waals surface area contributed by atoms with E-state index in [1.807, 2.05) is 31.2 Å². The van der Waals surface area contributed by atoms with Gasteiger partial charge in [0.2, 0.25) is 0 Å². The van der Waals surface area contributed by atoms with E-state index in [9.17, 15) is 4.79 Å². The second kappa shape index (κ2) is 8.18. The number of nitrogens with two attached hydrogens (primary N) is 1. The Balaban J connectivity index is 0.00000208. The molecule has 0 radical (unpaired) electrons. The van der Waals surface area contributed by atoms with Crippen LogP contribution in [0.25, 0.3) is 11.4 Å². The number of ether oxygens (including phenoxy) is 1. The third-order valence-electron chi connectivity index (χ3n) is 3.88. The van der Waals surface area contributed by atoms with Crippen LogP contribution in [0, 0.1) is 0 Å². The molecular weight excluding hydrogens is 332 g/mol. The summed E-state index contributed by atoms with van der Waals surface area (Å²) in [6, 6.07) is 7.45. The van der Waals surface area contributed by atoms with Crippen molar-refractivity contribution in [3.05, 3.63) is 24.3 Å². The summed E-state index contributed by atoms with van der Waals surface area (Å²) in [5.74, 6) is 0.525. The zero-order valence-corrected chi connectivity index (χ0v) is 14.2. The van der Waals surface area contributed by atoms with Crippen molar-refractivity contribution >= 4 is 24.0 Å². The van der Waals surface area contributed by atoms with Crippen LogP contribution in [-0.2, 0) is 16.1 Å². The highest BCUT2D eigenvalue weighted by Crippen LogP contribution is 2.23. The molecule has 0 spiro atoms. The number of nitrogens with zero attached hydrogens (tertiary/aromatic N) is 4. The summed E-state index contributed by atoms with van der Waals surface area (Å²) in [7, 11) is 0. The average Bonchev–Trinajstić information content (AvgIpc) is 3.24. The largest absolute Gasteiger partial charge is 0.364 e. The Morgan fingerprint density at radius 2 is 2.29 bits per heavy atom. The molecule has 1 saturated heterocycles. The summed E-state index contributed by atoms with van der Waals surface area (Å²) in [4.78, 5) is 12.3. The van der Waals surface area contributed by atoms with Gasteiger partial charge in [-0.25, -0.2) is 4.68 Å². The van der Waals surface area contributed by atoms with E-state index < -0.39 is 6.10 Å². The number of amides is 1. The second-order valence-electron chi connectivity index (χ2n) is 5.45. The minimum absolute atomic E-state index is 0. The van der Waals surface area contributed by atoms with E-state index in [1.165, 1.54) is 0 Å². The van der Waals surface area contributed by atoms with Gasteiger partial charge in [-0.15, -0.1) is 17.5 Å². The van der Waals surface area contributed by atoms with Gasteiger partial charge in [-0.1, -0.05) is 12.1 Å². The van der Waals surface area contributed by atoms with E-state index in [4.69, 9.17) is 10.5 Å². The first-order valence-corrected chi connectivity index (χ1v) is 7.74. The van der Waals surface area contributed by atoms with Crippen molar-refractivity contribution in [1.82, 2.24) is 20.2 Å². The highest BCUT2D eigenvalue weighted by molar-refractivity contribution is 5.94. The van der Waals surface area contributed by atoms with Crippen molar-refractivity contribution < 1.29 is 9.53 Å². The highest BCUT2D eigenvalue weighted by Gasteiger charge is 2.29. The van der Waals surface area contributed by atoms with E-state index >= 15 is 0 Å². The van der Waals surface area contributed by atoms with Crippen molar-refractivity contribution in [2.24, 2.45) is 5.73 Å². The molecule has 1 fully saturated rings. The van der Waals surface area contributed by atoms with E-state index in [-0.39, 0.29) is 24.4 Å². The molecule has 130 valence electrons. The summed E-state index contributed by atoms with van der Waals surface area (Å²) >= 11 is 0. The fourth-order valence-electron chi connectivity index (χ4n) is 2.66. The van der Waals surface area contributed by atoms with Gasteiger partial charge in [0.1, 0.15) is 6.10 Å². The summed E-state index contributed by atoms with van der Waals surface area (Å²) in [6.45, 7) is 3.09. The molecule has 3 N–H and O–H groups in total. The van der Waals surface area contributed by atoms with Crippen LogP contribution in [0.15, 0.2) is 24.3 Å². The van der Waals surface area contributed by atoms with Crippen molar-refractivity contribution in [3.63, 3.8) is 0 Å². The fraction of sp³-hybridized carbons (Fsp3) is 0.467. The number of anilines is 1. The number of hydrogen-bond donors (Lipinski definition) is 2. The number of carbonyl (C=O) groups excluding carboxylic acids is 1. The maximum absolute atomic E-state index is 12.3. The van der Waals surface area contributed by atoms with Crippen LogP contribution in [0.4, 0.5) is 5.69 Å². The number of halogens is 1. The Bertz CT molecular complexity index is 692. The SMILES string of the molecule is CCn1nnnc1-c1cccc(NC(=O)[C@@H]2CC[C@H](CN)O2)c1.Cl. The van der Waals surface area contributed by atoms with Gasteiger partial charge < -0.3 is 15.8 Å². The molecule has 9 heteroatoms. The molecule has 2 aromatic rings. The van der Waals surface area contributed by atoms with E-state index in [2.05, 4.69) is 20.8 Å².